The van der Waals surface area contributed by atoms with Crippen LogP contribution in [0.4, 0.5) is 0 Å². The average molecular weight is 264 g/mol. The van der Waals surface area contributed by atoms with Crippen molar-refractivity contribution >= 4 is 0 Å². The first-order chi connectivity index (χ1) is 9.16. The molecule has 3 rings (SSSR count). The normalized spacial score (nSPS) is 22.4. The Morgan fingerprint density at radius 2 is 2.05 bits per heavy atom. The smallest absolute Gasteiger partial charge is 0.226 e. The van der Waals surface area contributed by atoms with Gasteiger partial charge >= 0.3 is 0 Å². The first-order valence-corrected chi connectivity index (χ1v) is 7.45. The first-order valence-electron chi connectivity index (χ1n) is 7.45. The quantitative estimate of drug-likeness (QED) is 0.894. The molecule has 0 spiro atoms. The molecule has 2 aliphatic rings. The van der Waals surface area contributed by atoms with Crippen LogP contribution in [0.2, 0.25) is 0 Å². The summed E-state index contributed by atoms with van der Waals surface area (Å²) in [6.45, 7) is 8.54. The molecule has 0 aromatic carbocycles. The van der Waals surface area contributed by atoms with Gasteiger partial charge in [-0.25, -0.2) is 0 Å². The summed E-state index contributed by atoms with van der Waals surface area (Å²) in [6.07, 6.45) is 4.96. The van der Waals surface area contributed by atoms with Crippen LogP contribution in [0.25, 0.3) is 0 Å². The average Bonchev–Trinajstić information content (AvgIpc) is 2.84. The van der Waals surface area contributed by atoms with Crippen LogP contribution in [0, 0.1) is 5.92 Å². The zero-order chi connectivity index (χ0) is 13.3. The lowest BCUT2D eigenvalue weighted by molar-refractivity contribution is 0.0924. The second-order valence-electron chi connectivity index (χ2n) is 6.31. The maximum Gasteiger partial charge on any atom is 0.226 e. The van der Waals surface area contributed by atoms with Crippen molar-refractivity contribution in [1.29, 1.82) is 0 Å². The van der Waals surface area contributed by atoms with Gasteiger partial charge in [0.05, 0.1) is 5.54 Å². The van der Waals surface area contributed by atoms with Crippen LogP contribution < -0.4 is 5.32 Å². The monoisotopic (exact) mass is 264 g/mol. The van der Waals surface area contributed by atoms with E-state index in [0.29, 0.717) is 0 Å². The largest absolute Gasteiger partial charge is 0.339 e. The Morgan fingerprint density at radius 1 is 1.32 bits per heavy atom. The lowest BCUT2D eigenvalue weighted by Gasteiger charge is -2.38. The molecular formula is C14H24N4O. The Bertz CT molecular complexity index is 419. The van der Waals surface area contributed by atoms with Gasteiger partial charge in [0, 0.05) is 32.6 Å². The summed E-state index contributed by atoms with van der Waals surface area (Å²) < 4.78 is 5.44. The van der Waals surface area contributed by atoms with E-state index in [-0.39, 0.29) is 5.54 Å². The fraction of sp³-hybridized carbons (Fsp3) is 0.857. The van der Waals surface area contributed by atoms with Crippen molar-refractivity contribution in [3.05, 3.63) is 11.7 Å². The standard InChI is InChI=1S/C14H24N4O/c1-14(2,18-8-6-15-7-9-18)13-16-12(19-17-13)10-11-4-3-5-11/h11,15H,3-10H2,1-2H3. The summed E-state index contributed by atoms with van der Waals surface area (Å²) in [5.41, 5.74) is -0.135. The minimum Gasteiger partial charge on any atom is -0.339 e. The van der Waals surface area contributed by atoms with E-state index in [1.165, 1.54) is 19.3 Å². The highest BCUT2D eigenvalue weighted by molar-refractivity contribution is 5.03. The van der Waals surface area contributed by atoms with Gasteiger partial charge in [-0.3, -0.25) is 4.90 Å². The second-order valence-corrected chi connectivity index (χ2v) is 6.31. The molecule has 1 aromatic rings. The third-order valence-corrected chi connectivity index (χ3v) is 4.61. The van der Waals surface area contributed by atoms with E-state index < -0.39 is 0 Å². The predicted octanol–water partition coefficient (Wildman–Crippen LogP) is 1.55. The third-order valence-electron chi connectivity index (χ3n) is 4.61. The Kier molecular flexibility index (Phi) is 3.58. The van der Waals surface area contributed by atoms with E-state index in [9.17, 15) is 0 Å². The van der Waals surface area contributed by atoms with Gasteiger partial charge in [0.15, 0.2) is 5.82 Å². The molecule has 1 saturated heterocycles. The van der Waals surface area contributed by atoms with Gasteiger partial charge in [0.1, 0.15) is 0 Å². The number of rotatable bonds is 4. The highest BCUT2D eigenvalue weighted by atomic mass is 16.5. The van der Waals surface area contributed by atoms with Crippen molar-refractivity contribution in [3.8, 4) is 0 Å². The van der Waals surface area contributed by atoms with Crippen LogP contribution in [0.15, 0.2) is 4.52 Å². The van der Waals surface area contributed by atoms with Gasteiger partial charge in [-0.2, -0.15) is 4.98 Å². The molecule has 0 amide bonds. The van der Waals surface area contributed by atoms with Crippen LogP contribution in [0.5, 0.6) is 0 Å². The molecule has 1 saturated carbocycles. The Labute approximate surface area is 114 Å². The molecule has 1 aliphatic heterocycles. The van der Waals surface area contributed by atoms with E-state index in [1.807, 2.05) is 0 Å². The van der Waals surface area contributed by atoms with Gasteiger partial charge in [-0.15, -0.1) is 0 Å². The molecule has 0 unspecified atom stereocenters. The number of piperazine rings is 1. The molecule has 0 bridgehead atoms. The molecular weight excluding hydrogens is 240 g/mol. The Hall–Kier alpha value is -0.940. The van der Waals surface area contributed by atoms with Crippen LogP contribution in [-0.2, 0) is 12.0 Å². The molecule has 106 valence electrons. The highest BCUT2D eigenvalue weighted by Crippen LogP contribution is 2.30. The summed E-state index contributed by atoms with van der Waals surface area (Å²) in [7, 11) is 0. The number of nitrogens with one attached hydrogen (secondary N) is 1. The van der Waals surface area contributed by atoms with Crippen molar-refractivity contribution in [2.24, 2.45) is 5.92 Å². The number of hydrogen-bond acceptors (Lipinski definition) is 5. The minimum atomic E-state index is -0.135. The molecule has 5 nitrogen and oxygen atoms in total. The molecule has 0 atom stereocenters. The lowest BCUT2D eigenvalue weighted by Crippen LogP contribution is -2.52. The minimum absolute atomic E-state index is 0.135. The zero-order valence-electron chi connectivity index (χ0n) is 12.0. The SMILES string of the molecule is CC(C)(c1noc(CC2CCC2)n1)N1CCNCC1. The van der Waals surface area contributed by atoms with Gasteiger partial charge in [-0.05, 0) is 32.6 Å². The van der Waals surface area contributed by atoms with E-state index in [4.69, 9.17) is 4.52 Å². The molecule has 1 N–H and O–H groups in total. The van der Waals surface area contributed by atoms with Crippen molar-refractivity contribution in [2.75, 3.05) is 26.2 Å². The van der Waals surface area contributed by atoms with Crippen LogP contribution in [0.1, 0.15) is 44.8 Å². The fourth-order valence-electron chi connectivity index (χ4n) is 2.90. The molecule has 19 heavy (non-hydrogen) atoms. The van der Waals surface area contributed by atoms with Crippen LogP contribution in [0.3, 0.4) is 0 Å². The fourth-order valence-corrected chi connectivity index (χ4v) is 2.90. The summed E-state index contributed by atoms with van der Waals surface area (Å²) in [4.78, 5) is 7.07. The maximum atomic E-state index is 5.44. The van der Waals surface area contributed by atoms with E-state index >= 15 is 0 Å². The number of aromatic nitrogens is 2. The summed E-state index contributed by atoms with van der Waals surface area (Å²) in [5.74, 6) is 2.43. The van der Waals surface area contributed by atoms with E-state index in [1.54, 1.807) is 0 Å². The van der Waals surface area contributed by atoms with Crippen molar-refractivity contribution in [3.63, 3.8) is 0 Å². The molecule has 1 aliphatic carbocycles. The number of hydrogen-bond donors (Lipinski definition) is 1. The zero-order valence-corrected chi connectivity index (χ0v) is 12.0. The van der Waals surface area contributed by atoms with E-state index in [2.05, 4.69) is 34.2 Å². The maximum absolute atomic E-state index is 5.44. The second kappa shape index (κ2) is 5.21. The molecule has 1 aromatic heterocycles. The Balaban J connectivity index is 1.68. The Morgan fingerprint density at radius 3 is 2.68 bits per heavy atom. The highest BCUT2D eigenvalue weighted by Gasteiger charge is 2.34. The van der Waals surface area contributed by atoms with Crippen LogP contribution >= 0.6 is 0 Å². The predicted molar refractivity (Wildman–Crippen MR) is 72.8 cm³/mol. The molecule has 2 heterocycles. The van der Waals surface area contributed by atoms with Crippen molar-refractivity contribution in [2.45, 2.75) is 45.1 Å². The van der Waals surface area contributed by atoms with Crippen molar-refractivity contribution < 1.29 is 4.52 Å². The third kappa shape index (κ3) is 2.67. The van der Waals surface area contributed by atoms with Gasteiger partial charge in [-0.1, -0.05) is 11.6 Å². The van der Waals surface area contributed by atoms with Gasteiger partial charge in [0.25, 0.3) is 0 Å². The summed E-state index contributed by atoms with van der Waals surface area (Å²) in [6, 6.07) is 0. The van der Waals surface area contributed by atoms with Crippen molar-refractivity contribution in [1.82, 2.24) is 20.4 Å². The topological polar surface area (TPSA) is 54.2 Å². The van der Waals surface area contributed by atoms with Crippen LogP contribution in [-0.4, -0.2) is 41.2 Å². The summed E-state index contributed by atoms with van der Waals surface area (Å²) >= 11 is 0. The molecule has 2 fully saturated rings. The lowest BCUT2D eigenvalue weighted by atomic mass is 9.83. The number of nitrogens with zero attached hydrogens (tertiary/aromatic N) is 3. The molecule has 5 heteroatoms. The van der Waals surface area contributed by atoms with E-state index in [0.717, 1.165) is 50.2 Å². The molecule has 0 radical (unpaired) electrons. The first kappa shape index (κ1) is 13.1. The van der Waals surface area contributed by atoms with Gasteiger partial charge < -0.3 is 9.84 Å². The van der Waals surface area contributed by atoms with Gasteiger partial charge in [0.2, 0.25) is 5.89 Å². The summed E-state index contributed by atoms with van der Waals surface area (Å²) in [5, 5.41) is 7.61.